The fourth-order valence-corrected chi connectivity index (χ4v) is 4.86. The summed E-state index contributed by atoms with van der Waals surface area (Å²) in [7, 11) is -4.81. The molecule has 214 valence electrons. The van der Waals surface area contributed by atoms with E-state index in [-0.39, 0.29) is 0 Å². The van der Waals surface area contributed by atoms with Gasteiger partial charge in [-0.15, -0.1) is 0 Å². The minimum absolute atomic E-state index is 0.368. The molecule has 2 aromatic carbocycles. The van der Waals surface area contributed by atoms with Crippen molar-refractivity contribution in [3.63, 3.8) is 0 Å². The third-order valence-corrected chi connectivity index (χ3v) is 6.72. The Morgan fingerprint density at radius 1 is 0.763 bits per heavy atom. The number of phosphoric ester groups is 1. The molecule has 10 nitrogen and oxygen atoms in total. The van der Waals surface area contributed by atoms with E-state index in [9.17, 15) is 14.4 Å². The van der Waals surface area contributed by atoms with E-state index in [1.165, 1.54) is 5.56 Å². The van der Waals surface area contributed by atoms with Crippen LogP contribution in [0.25, 0.3) is 0 Å². The zero-order valence-corrected chi connectivity index (χ0v) is 23.1. The number of benzene rings is 2. The van der Waals surface area contributed by atoms with Gasteiger partial charge in [-0.3, -0.25) is 4.52 Å². The van der Waals surface area contributed by atoms with Gasteiger partial charge in [0.2, 0.25) is 0 Å². The lowest BCUT2D eigenvalue weighted by Crippen LogP contribution is -2.46. The molecule has 0 fully saturated rings. The first kappa shape index (κ1) is 32.4. The van der Waals surface area contributed by atoms with Gasteiger partial charge in [-0.05, 0) is 59.9 Å². The lowest BCUT2D eigenvalue weighted by atomic mass is 9.83. The van der Waals surface area contributed by atoms with Crippen molar-refractivity contribution in [3.8, 4) is 5.75 Å². The van der Waals surface area contributed by atoms with Crippen molar-refractivity contribution < 1.29 is 48.8 Å². The van der Waals surface area contributed by atoms with E-state index in [0.717, 1.165) is 44.9 Å². The number of hydrogen-bond acceptors (Lipinski definition) is 8. The molecule has 0 aliphatic heterocycles. The van der Waals surface area contributed by atoms with Crippen molar-refractivity contribution in [2.45, 2.75) is 96.2 Å². The summed E-state index contributed by atoms with van der Waals surface area (Å²) >= 11 is 0. The Balaban J connectivity index is 2.03. The topological polar surface area (TPSA) is 122 Å². The number of para-hydroxylation sites is 1. The van der Waals surface area contributed by atoms with Crippen molar-refractivity contribution in [2.24, 2.45) is 0 Å². The molecule has 38 heavy (non-hydrogen) atoms. The van der Waals surface area contributed by atoms with E-state index in [1.807, 2.05) is 38.1 Å². The molecule has 2 unspecified atom stereocenters. The van der Waals surface area contributed by atoms with Gasteiger partial charge in [0.25, 0.3) is 0 Å². The van der Waals surface area contributed by atoms with Crippen LogP contribution in [0, 0.1) is 0 Å². The molecule has 2 atom stereocenters. The molecular weight excluding hydrogens is 515 g/mol. The van der Waals surface area contributed by atoms with Gasteiger partial charge in [0.05, 0.1) is 0 Å². The average Bonchev–Trinajstić information content (AvgIpc) is 2.91. The number of phosphoric acid groups is 1. The van der Waals surface area contributed by atoms with E-state index in [0.29, 0.717) is 31.4 Å². The van der Waals surface area contributed by atoms with Gasteiger partial charge in [0.1, 0.15) is 11.7 Å². The van der Waals surface area contributed by atoms with Crippen LogP contribution in [-0.4, -0.2) is 21.5 Å². The van der Waals surface area contributed by atoms with Crippen LogP contribution >= 0.6 is 7.82 Å². The molecule has 0 radical (unpaired) electrons. The van der Waals surface area contributed by atoms with Gasteiger partial charge >= 0.3 is 7.82 Å². The second-order valence-electron chi connectivity index (χ2n) is 9.19. The van der Waals surface area contributed by atoms with Crippen molar-refractivity contribution in [1.29, 1.82) is 0 Å². The zero-order valence-electron chi connectivity index (χ0n) is 22.2. The second kappa shape index (κ2) is 18.4. The third-order valence-electron chi connectivity index (χ3n) is 6.19. The maximum absolute atomic E-state index is 11.9. The van der Waals surface area contributed by atoms with Crippen molar-refractivity contribution >= 4 is 7.82 Å². The molecule has 0 aliphatic carbocycles. The smallest absolute Gasteiger partial charge is 0.306 e. The minimum atomic E-state index is -4.81. The summed E-state index contributed by atoms with van der Waals surface area (Å²) in [4.78, 5) is 29.9. The summed E-state index contributed by atoms with van der Waals surface area (Å²) < 4.78 is 17.2. The first-order valence-corrected chi connectivity index (χ1v) is 14.8. The summed E-state index contributed by atoms with van der Waals surface area (Å²) in [6.07, 6.45) is 6.84. The Kier molecular flexibility index (Phi) is 15.7. The molecule has 0 amide bonds. The molecule has 0 heterocycles. The maximum atomic E-state index is 11.9. The van der Waals surface area contributed by atoms with Crippen LogP contribution in [0.1, 0.15) is 83.6 Å². The van der Waals surface area contributed by atoms with E-state index in [4.69, 9.17) is 19.3 Å². The Labute approximate surface area is 225 Å². The van der Waals surface area contributed by atoms with Gasteiger partial charge < -0.3 is 14.7 Å². The van der Waals surface area contributed by atoms with E-state index >= 15 is 0 Å². The standard InChI is InChI=1S/C27H41O10P/c1-3-5-21-26(32-38(28,29)30)27(22-6-4-2,23-15-9-12-18-24-16-10-7-11-17-24)33-35-37-36-34-31-25-19-13-8-14-20-25/h7-8,10-11,13-14,16-17,19-20,26H,3-6,9,12,15,18,21-23H2,1-2H3,(H2,28,29,30). The van der Waals surface area contributed by atoms with Gasteiger partial charge in [0, 0.05) is 10.1 Å². The van der Waals surface area contributed by atoms with Crippen LogP contribution in [0.15, 0.2) is 60.7 Å². The predicted octanol–water partition coefficient (Wildman–Crippen LogP) is 7.12. The molecule has 0 bridgehead atoms. The molecule has 2 rings (SSSR count). The highest BCUT2D eigenvalue weighted by Crippen LogP contribution is 2.45. The molecule has 0 aliphatic rings. The second-order valence-corrected chi connectivity index (χ2v) is 10.4. The number of hydrogen-bond donors (Lipinski definition) is 2. The SMILES string of the molecule is CCCCC(OP(=O)(O)O)C(CCCC)(CCCCCc1ccccc1)OOOOOOc1ccccc1. The molecule has 0 aromatic heterocycles. The van der Waals surface area contributed by atoms with Crippen LogP contribution in [-0.2, 0) is 40.6 Å². The van der Waals surface area contributed by atoms with E-state index in [1.54, 1.807) is 24.3 Å². The molecule has 0 saturated carbocycles. The maximum Gasteiger partial charge on any atom is 0.469 e. The summed E-state index contributed by atoms with van der Waals surface area (Å²) in [5.74, 6) is 0.375. The normalized spacial score (nSPS) is 14.2. The lowest BCUT2D eigenvalue weighted by Gasteiger charge is -2.38. The van der Waals surface area contributed by atoms with Gasteiger partial charge in [0.15, 0.2) is 5.75 Å². The Bertz CT molecular complexity index is 895. The lowest BCUT2D eigenvalue weighted by molar-refractivity contribution is -0.754. The Hall–Kier alpha value is -1.85. The first-order valence-electron chi connectivity index (χ1n) is 13.2. The highest BCUT2D eigenvalue weighted by atomic mass is 31.2. The van der Waals surface area contributed by atoms with Crippen molar-refractivity contribution in [2.75, 3.05) is 0 Å². The summed E-state index contributed by atoms with van der Waals surface area (Å²) in [5, 5.41) is 18.3. The number of rotatable bonds is 22. The van der Waals surface area contributed by atoms with Gasteiger partial charge in [-0.25, -0.2) is 4.57 Å². The van der Waals surface area contributed by atoms with Crippen LogP contribution in [0.3, 0.4) is 0 Å². The summed E-state index contributed by atoms with van der Waals surface area (Å²) in [5.41, 5.74) is 0.0705. The first-order chi connectivity index (χ1) is 18.4. The monoisotopic (exact) mass is 556 g/mol. The molecule has 2 N–H and O–H groups in total. The van der Waals surface area contributed by atoms with Crippen LogP contribution < -0.4 is 4.89 Å². The highest BCUT2D eigenvalue weighted by molar-refractivity contribution is 7.46. The molecule has 0 saturated heterocycles. The van der Waals surface area contributed by atoms with E-state index in [2.05, 4.69) is 27.2 Å². The van der Waals surface area contributed by atoms with Gasteiger partial charge in [-0.1, -0.05) is 101 Å². The molecule has 0 spiro atoms. The number of unbranched alkanes of at least 4 members (excludes halogenated alkanes) is 4. The minimum Gasteiger partial charge on any atom is -0.306 e. The van der Waals surface area contributed by atoms with Crippen molar-refractivity contribution in [3.05, 3.63) is 66.2 Å². The molecule has 11 heteroatoms. The summed E-state index contributed by atoms with van der Waals surface area (Å²) in [6.45, 7) is 4.01. The van der Waals surface area contributed by atoms with Crippen molar-refractivity contribution in [1.82, 2.24) is 0 Å². The largest absolute Gasteiger partial charge is 0.469 e. The van der Waals surface area contributed by atoms with Crippen LogP contribution in [0.5, 0.6) is 5.75 Å². The molecule has 2 aromatic rings. The quantitative estimate of drug-likeness (QED) is 0.0670. The van der Waals surface area contributed by atoms with Crippen LogP contribution in [0.2, 0.25) is 0 Å². The van der Waals surface area contributed by atoms with E-state index < -0.39 is 19.5 Å². The predicted molar refractivity (Wildman–Crippen MR) is 140 cm³/mol. The third kappa shape index (κ3) is 13.3. The fourth-order valence-electron chi connectivity index (χ4n) is 4.24. The van der Waals surface area contributed by atoms with Crippen LogP contribution in [0.4, 0.5) is 0 Å². The Morgan fingerprint density at radius 2 is 1.39 bits per heavy atom. The molecular formula is C27H41O10P. The van der Waals surface area contributed by atoms with Gasteiger partial charge in [-0.2, -0.15) is 4.89 Å². The highest BCUT2D eigenvalue weighted by Gasteiger charge is 2.44. The zero-order chi connectivity index (χ0) is 27.5. The average molecular weight is 557 g/mol. The summed E-state index contributed by atoms with van der Waals surface area (Å²) in [6, 6.07) is 18.8. The Morgan fingerprint density at radius 3 is 2.05 bits per heavy atom. The fraction of sp³-hybridized carbons (Fsp3) is 0.556. The number of aryl methyl sites for hydroxylation is 1.